The zero-order valence-corrected chi connectivity index (χ0v) is 11.7. The monoisotopic (exact) mass is 301 g/mol. The van der Waals surface area contributed by atoms with E-state index in [2.05, 4.69) is 9.97 Å². The van der Waals surface area contributed by atoms with Crippen molar-refractivity contribution in [2.24, 2.45) is 0 Å². The number of pyridine rings is 1. The van der Waals surface area contributed by atoms with E-state index in [1.807, 2.05) is 24.1 Å². The first kappa shape index (κ1) is 14.9. The lowest BCUT2D eigenvalue weighted by molar-refractivity contribution is -0.140. The summed E-state index contributed by atoms with van der Waals surface area (Å²) in [6.07, 6.45) is -0.0710. The molecule has 0 aromatic carbocycles. The molecule has 2 aromatic rings. The van der Waals surface area contributed by atoms with Gasteiger partial charge in [-0.2, -0.15) is 13.2 Å². The molecule has 7 heteroatoms. The topological polar surface area (TPSA) is 29.0 Å². The van der Waals surface area contributed by atoms with Crippen molar-refractivity contribution in [2.75, 3.05) is 13.6 Å². The number of alkyl halides is 3. The molecule has 0 N–H and O–H groups in total. The summed E-state index contributed by atoms with van der Waals surface area (Å²) in [5, 5.41) is 1.54. The van der Waals surface area contributed by atoms with Crippen LogP contribution in [0, 0.1) is 0 Å². The molecule has 0 radical (unpaired) electrons. The fraction of sp³-hybridized carbons (Fsp3) is 0.385. The molecule has 0 saturated carbocycles. The van der Waals surface area contributed by atoms with Crippen molar-refractivity contribution in [3.63, 3.8) is 0 Å². The summed E-state index contributed by atoms with van der Waals surface area (Å²) in [5.74, 6) is 0. The van der Waals surface area contributed by atoms with E-state index in [0.717, 1.165) is 35.2 Å². The minimum absolute atomic E-state index is 0.422. The van der Waals surface area contributed by atoms with Gasteiger partial charge in [0.05, 0.1) is 6.54 Å². The highest BCUT2D eigenvalue weighted by Crippen LogP contribution is 2.30. The van der Waals surface area contributed by atoms with Gasteiger partial charge in [-0.1, -0.05) is 0 Å². The zero-order chi connectivity index (χ0) is 14.6. The van der Waals surface area contributed by atoms with E-state index in [4.69, 9.17) is 0 Å². The molecular formula is C13H14F3N3S. The zero-order valence-electron chi connectivity index (χ0n) is 10.9. The Morgan fingerprint density at radius 3 is 2.55 bits per heavy atom. The van der Waals surface area contributed by atoms with Gasteiger partial charge in [0.2, 0.25) is 0 Å². The Balaban J connectivity index is 1.85. The lowest BCUT2D eigenvalue weighted by Crippen LogP contribution is -2.20. The van der Waals surface area contributed by atoms with E-state index in [0.29, 0.717) is 11.6 Å². The third-order valence-corrected chi connectivity index (χ3v) is 3.61. The normalized spacial score (nSPS) is 12.1. The quantitative estimate of drug-likeness (QED) is 0.849. The summed E-state index contributed by atoms with van der Waals surface area (Å²) >= 11 is 1.04. The van der Waals surface area contributed by atoms with E-state index in [1.54, 1.807) is 12.4 Å². The molecule has 2 heterocycles. The SMILES string of the molecule is CN(CCc1ccncc1)Cc1nc(C(F)(F)F)cs1. The number of rotatable bonds is 5. The van der Waals surface area contributed by atoms with E-state index in [-0.39, 0.29) is 0 Å². The van der Waals surface area contributed by atoms with Crippen molar-refractivity contribution in [1.29, 1.82) is 0 Å². The van der Waals surface area contributed by atoms with Gasteiger partial charge >= 0.3 is 6.18 Å². The van der Waals surface area contributed by atoms with Gasteiger partial charge < -0.3 is 0 Å². The third-order valence-electron chi connectivity index (χ3n) is 2.78. The molecule has 0 amide bonds. The fourth-order valence-corrected chi connectivity index (χ4v) is 2.57. The number of aromatic nitrogens is 2. The smallest absolute Gasteiger partial charge is 0.299 e. The largest absolute Gasteiger partial charge is 0.434 e. The molecule has 0 saturated heterocycles. The molecular weight excluding hydrogens is 287 g/mol. The van der Waals surface area contributed by atoms with Crippen LogP contribution in [0.2, 0.25) is 0 Å². The van der Waals surface area contributed by atoms with Gasteiger partial charge in [-0.15, -0.1) is 11.3 Å². The van der Waals surface area contributed by atoms with Crippen LogP contribution in [-0.4, -0.2) is 28.5 Å². The number of hydrogen-bond donors (Lipinski definition) is 0. The minimum atomic E-state index is -4.36. The summed E-state index contributed by atoms with van der Waals surface area (Å²) in [4.78, 5) is 9.51. The summed E-state index contributed by atoms with van der Waals surface area (Å²) in [6.45, 7) is 1.18. The van der Waals surface area contributed by atoms with Gasteiger partial charge in [0.1, 0.15) is 5.01 Å². The molecule has 2 rings (SSSR count). The number of halogens is 3. The first-order chi connectivity index (χ1) is 9.45. The number of hydrogen-bond acceptors (Lipinski definition) is 4. The summed E-state index contributed by atoms with van der Waals surface area (Å²) in [7, 11) is 1.87. The molecule has 108 valence electrons. The number of thiazole rings is 1. The van der Waals surface area contributed by atoms with Crippen molar-refractivity contribution in [1.82, 2.24) is 14.9 Å². The fourth-order valence-electron chi connectivity index (χ4n) is 1.69. The Hall–Kier alpha value is -1.47. The average Bonchev–Trinajstić information content (AvgIpc) is 2.86. The molecule has 0 aliphatic carbocycles. The van der Waals surface area contributed by atoms with Crippen LogP contribution in [0.1, 0.15) is 16.3 Å². The van der Waals surface area contributed by atoms with Gasteiger partial charge in [-0.05, 0) is 31.2 Å². The second-order valence-corrected chi connectivity index (χ2v) is 5.41. The molecule has 0 spiro atoms. The van der Waals surface area contributed by atoms with Gasteiger partial charge in [0.25, 0.3) is 0 Å². The maximum absolute atomic E-state index is 12.4. The van der Waals surface area contributed by atoms with Crippen LogP contribution in [0.5, 0.6) is 0 Å². The Morgan fingerprint density at radius 1 is 1.25 bits per heavy atom. The molecule has 0 aliphatic heterocycles. The van der Waals surface area contributed by atoms with E-state index in [9.17, 15) is 13.2 Å². The Labute approximate surface area is 119 Å². The van der Waals surface area contributed by atoms with Crippen molar-refractivity contribution in [3.05, 3.63) is 46.2 Å². The molecule has 0 atom stereocenters. The highest BCUT2D eigenvalue weighted by atomic mass is 32.1. The van der Waals surface area contributed by atoms with Crippen LogP contribution in [0.3, 0.4) is 0 Å². The molecule has 0 aliphatic rings. The van der Waals surface area contributed by atoms with Crippen LogP contribution in [0.25, 0.3) is 0 Å². The van der Waals surface area contributed by atoms with E-state index < -0.39 is 11.9 Å². The predicted molar refractivity (Wildman–Crippen MR) is 71.4 cm³/mol. The van der Waals surface area contributed by atoms with Crippen molar-refractivity contribution >= 4 is 11.3 Å². The number of nitrogens with zero attached hydrogens (tertiary/aromatic N) is 3. The van der Waals surface area contributed by atoms with Crippen molar-refractivity contribution in [2.45, 2.75) is 19.1 Å². The van der Waals surface area contributed by atoms with Gasteiger partial charge in [-0.3, -0.25) is 9.88 Å². The summed E-state index contributed by atoms with van der Waals surface area (Å²) in [5.41, 5.74) is 0.349. The maximum atomic E-state index is 12.4. The molecule has 0 unspecified atom stereocenters. The summed E-state index contributed by atoms with van der Waals surface area (Å²) in [6, 6.07) is 3.86. The van der Waals surface area contributed by atoms with Gasteiger partial charge in [0.15, 0.2) is 5.69 Å². The van der Waals surface area contributed by atoms with Crippen LogP contribution in [0.4, 0.5) is 13.2 Å². The molecule has 2 aromatic heterocycles. The second kappa shape index (κ2) is 6.32. The Bertz CT molecular complexity index is 539. The van der Waals surface area contributed by atoms with Crippen molar-refractivity contribution < 1.29 is 13.2 Å². The second-order valence-electron chi connectivity index (χ2n) is 4.47. The lowest BCUT2D eigenvalue weighted by atomic mass is 10.2. The van der Waals surface area contributed by atoms with E-state index >= 15 is 0 Å². The average molecular weight is 301 g/mol. The van der Waals surface area contributed by atoms with Gasteiger partial charge in [0, 0.05) is 24.3 Å². The predicted octanol–water partition coefficient (Wildman–Crippen LogP) is 3.23. The molecule has 3 nitrogen and oxygen atoms in total. The van der Waals surface area contributed by atoms with Crippen LogP contribution >= 0.6 is 11.3 Å². The first-order valence-electron chi connectivity index (χ1n) is 6.04. The highest BCUT2D eigenvalue weighted by Gasteiger charge is 2.33. The highest BCUT2D eigenvalue weighted by molar-refractivity contribution is 7.09. The molecule has 20 heavy (non-hydrogen) atoms. The summed E-state index contributed by atoms with van der Waals surface area (Å²) < 4.78 is 37.3. The Kier molecular flexibility index (Phi) is 4.72. The first-order valence-corrected chi connectivity index (χ1v) is 6.92. The third kappa shape index (κ3) is 4.28. The Morgan fingerprint density at radius 2 is 1.95 bits per heavy atom. The molecule has 0 bridgehead atoms. The van der Waals surface area contributed by atoms with Crippen LogP contribution in [0.15, 0.2) is 29.9 Å². The van der Waals surface area contributed by atoms with Gasteiger partial charge in [-0.25, -0.2) is 4.98 Å². The molecule has 0 fully saturated rings. The number of likely N-dealkylation sites (N-methyl/N-ethyl adjacent to an activating group) is 1. The van der Waals surface area contributed by atoms with Crippen LogP contribution < -0.4 is 0 Å². The van der Waals surface area contributed by atoms with E-state index in [1.165, 1.54) is 0 Å². The maximum Gasteiger partial charge on any atom is 0.434 e. The lowest BCUT2D eigenvalue weighted by Gasteiger charge is -2.14. The minimum Gasteiger partial charge on any atom is -0.299 e. The van der Waals surface area contributed by atoms with Crippen molar-refractivity contribution in [3.8, 4) is 0 Å². The standard InChI is InChI=1S/C13H14F3N3S/c1-19(7-4-10-2-5-17-6-3-10)8-12-18-11(9-20-12)13(14,15)16/h2-3,5-6,9H,4,7-8H2,1H3. The van der Waals surface area contributed by atoms with Crippen LogP contribution in [-0.2, 0) is 19.1 Å².